The predicted octanol–water partition coefficient (Wildman–Crippen LogP) is 0.00426. The summed E-state index contributed by atoms with van der Waals surface area (Å²) in [5.74, 6) is -0.133. The van der Waals surface area contributed by atoms with E-state index in [0.717, 1.165) is 0 Å². The van der Waals surface area contributed by atoms with E-state index >= 15 is 0 Å². The number of nitrogens with one attached hydrogen (secondary N) is 1. The minimum Gasteiger partial charge on any atom is -0.316 e. The van der Waals surface area contributed by atoms with Crippen LogP contribution in [0.3, 0.4) is 0 Å². The molecule has 5 heteroatoms. The van der Waals surface area contributed by atoms with E-state index in [1.807, 2.05) is 12.1 Å². The number of nitriles is 2. The van der Waals surface area contributed by atoms with Crippen LogP contribution in [-0.2, 0) is 4.79 Å². The number of hydrogen-bond acceptors (Lipinski definition) is 4. The summed E-state index contributed by atoms with van der Waals surface area (Å²) in [6.07, 6.45) is 2.74. The summed E-state index contributed by atoms with van der Waals surface area (Å²) < 4.78 is 0. The summed E-state index contributed by atoms with van der Waals surface area (Å²) in [6.45, 7) is 0.627. The zero-order valence-corrected chi connectivity index (χ0v) is 8.57. The van der Waals surface area contributed by atoms with Gasteiger partial charge in [-0.3, -0.25) is 4.79 Å². The van der Waals surface area contributed by atoms with Gasteiger partial charge in [-0.2, -0.15) is 10.5 Å². The van der Waals surface area contributed by atoms with Crippen LogP contribution in [0.2, 0.25) is 0 Å². The van der Waals surface area contributed by atoms with Crippen molar-refractivity contribution in [1.82, 2.24) is 10.2 Å². The molecule has 1 fully saturated rings. The number of hydrogen-bond donors (Lipinski definition) is 1. The molecule has 1 rings (SSSR count). The van der Waals surface area contributed by atoms with E-state index in [9.17, 15) is 4.79 Å². The maximum atomic E-state index is 11.5. The molecule has 0 atom stereocenters. The molecule has 0 aliphatic heterocycles. The minimum absolute atomic E-state index is 0.00414. The van der Waals surface area contributed by atoms with Crippen LogP contribution in [0.5, 0.6) is 0 Å². The molecule has 0 unspecified atom stereocenters. The Hall–Kier alpha value is -1.59. The molecule has 0 saturated heterocycles. The highest BCUT2D eigenvalue weighted by Gasteiger charge is 2.20. The quantitative estimate of drug-likeness (QED) is 0.620. The highest BCUT2D eigenvalue weighted by atomic mass is 16.2. The first kappa shape index (κ1) is 11.5. The first-order chi connectivity index (χ1) is 7.27. The fourth-order valence-electron chi connectivity index (χ4n) is 1.23. The molecule has 1 N–H and O–H groups in total. The molecule has 0 radical (unpaired) electrons. The van der Waals surface area contributed by atoms with Crippen LogP contribution in [-0.4, -0.2) is 36.5 Å². The second kappa shape index (κ2) is 6.00. The van der Waals surface area contributed by atoms with Crippen molar-refractivity contribution in [3.63, 3.8) is 0 Å². The lowest BCUT2D eigenvalue weighted by Gasteiger charge is -2.15. The Morgan fingerprint density at radius 2 is 1.93 bits per heavy atom. The Kier molecular flexibility index (Phi) is 4.59. The zero-order valence-electron chi connectivity index (χ0n) is 8.57. The molecule has 0 heterocycles. The largest absolute Gasteiger partial charge is 0.316 e. The maximum absolute atomic E-state index is 11.5. The van der Waals surface area contributed by atoms with Crippen molar-refractivity contribution in [2.45, 2.75) is 25.3 Å². The van der Waals surface area contributed by atoms with Gasteiger partial charge in [0.2, 0.25) is 5.91 Å². The van der Waals surface area contributed by atoms with Gasteiger partial charge in [-0.15, -0.1) is 0 Å². The molecule has 5 nitrogen and oxygen atoms in total. The molecule has 0 aromatic heterocycles. The number of carbonyl (C=O) groups is 1. The molecule has 0 aromatic rings. The van der Waals surface area contributed by atoms with Crippen LogP contribution in [0.15, 0.2) is 0 Å². The second-order valence-electron chi connectivity index (χ2n) is 3.54. The van der Waals surface area contributed by atoms with Crippen LogP contribution in [0.4, 0.5) is 0 Å². The van der Waals surface area contributed by atoms with E-state index in [1.165, 1.54) is 17.7 Å². The molecule has 80 valence electrons. The standard InChI is InChI=1S/C10H14N4O/c11-4-7-14(8-5-12)10(15)3-6-13-9-1-2-9/h9,13H,1-3,6-8H2. The molecule has 1 saturated carbocycles. The Morgan fingerprint density at radius 3 is 2.40 bits per heavy atom. The summed E-state index contributed by atoms with van der Waals surface area (Å²) in [6, 6.07) is 4.34. The lowest BCUT2D eigenvalue weighted by atomic mass is 10.3. The average molecular weight is 206 g/mol. The highest BCUT2D eigenvalue weighted by molar-refractivity contribution is 5.76. The lowest BCUT2D eigenvalue weighted by Crippen LogP contribution is -2.34. The van der Waals surface area contributed by atoms with E-state index < -0.39 is 0 Å². The van der Waals surface area contributed by atoms with Crippen molar-refractivity contribution in [3.8, 4) is 12.1 Å². The van der Waals surface area contributed by atoms with Gasteiger partial charge in [0, 0.05) is 19.0 Å². The molecule has 0 aromatic carbocycles. The fourth-order valence-corrected chi connectivity index (χ4v) is 1.23. The van der Waals surface area contributed by atoms with Gasteiger partial charge in [0.25, 0.3) is 0 Å². The molecule has 15 heavy (non-hydrogen) atoms. The monoisotopic (exact) mass is 206 g/mol. The van der Waals surface area contributed by atoms with Crippen molar-refractivity contribution in [2.75, 3.05) is 19.6 Å². The van der Waals surface area contributed by atoms with E-state index in [2.05, 4.69) is 5.32 Å². The Labute approximate surface area is 89.3 Å². The normalized spacial score (nSPS) is 14.0. The van der Waals surface area contributed by atoms with Gasteiger partial charge in [-0.25, -0.2) is 0 Å². The summed E-state index contributed by atoms with van der Waals surface area (Å²) in [7, 11) is 0. The van der Waals surface area contributed by atoms with E-state index in [-0.39, 0.29) is 19.0 Å². The topological polar surface area (TPSA) is 79.9 Å². The van der Waals surface area contributed by atoms with Crippen molar-refractivity contribution in [2.24, 2.45) is 0 Å². The van der Waals surface area contributed by atoms with Gasteiger partial charge in [-0.05, 0) is 12.8 Å². The van der Waals surface area contributed by atoms with Gasteiger partial charge < -0.3 is 10.2 Å². The highest BCUT2D eigenvalue weighted by Crippen LogP contribution is 2.18. The zero-order chi connectivity index (χ0) is 11.1. The Morgan fingerprint density at radius 1 is 1.33 bits per heavy atom. The van der Waals surface area contributed by atoms with Gasteiger partial charge in [0.1, 0.15) is 13.1 Å². The van der Waals surface area contributed by atoms with Crippen molar-refractivity contribution >= 4 is 5.91 Å². The SMILES string of the molecule is N#CCN(CC#N)C(=O)CCNC1CC1. The molecule has 0 spiro atoms. The summed E-state index contributed by atoms with van der Waals surface area (Å²) in [5, 5.41) is 20.1. The van der Waals surface area contributed by atoms with Crippen LogP contribution < -0.4 is 5.32 Å². The maximum Gasteiger partial charge on any atom is 0.225 e. The Balaban J connectivity index is 2.21. The van der Waals surface area contributed by atoms with Gasteiger partial charge in [-0.1, -0.05) is 0 Å². The van der Waals surface area contributed by atoms with Gasteiger partial charge >= 0.3 is 0 Å². The third kappa shape index (κ3) is 4.44. The number of rotatable bonds is 6. The van der Waals surface area contributed by atoms with E-state index in [0.29, 0.717) is 19.0 Å². The van der Waals surface area contributed by atoms with E-state index in [1.54, 1.807) is 0 Å². The van der Waals surface area contributed by atoms with Crippen LogP contribution in [0, 0.1) is 22.7 Å². The number of amides is 1. The molecule has 1 aliphatic carbocycles. The lowest BCUT2D eigenvalue weighted by molar-refractivity contribution is -0.129. The Bertz CT molecular complexity index is 282. The fraction of sp³-hybridized carbons (Fsp3) is 0.700. The first-order valence-electron chi connectivity index (χ1n) is 5.03. The summed E-state index contributed by atoms with van der Waals surface area (Å²) in [4.78, 5) is 12.8. The number of nitrogens with zero attached hydrogens (tertiary/aromatic N) is 3. The second-order valence-corrected chi connectivity index (χ2v) is 3.54. The third-order valence-electron chi connectivity index (χ3n) is 2.23. The molecular formula is C10H14N4O. The third-order valence-corrected chi connectivity index (χ3v) is 2.23. The molecule has 1 amide bonds. The summed E-state index contributed by atoms with van der Waals surface area (Å²) in [5.41, 5.74) is 0. The first-order valence-corrected chi connectivity index (χ1v) is 5.03. The molecule has 0 bridgehead atoms. The van der Waals surface area contributed by atoms with Crippen molar-refractivity contribution in [1.29, 1.82) is 10.5 Å². The molecule has 1 aliphatic rings. The van der Waals surface area contributed by atoms with Crippen molar-refractivity contribution in [3.05, 3.63) is 0 Å². The summed E-state index contributed by atoms with van der Waals surface area (Å²) >= 11 is 0. The average Bonchev–Trinajstić information content (AvgIpc) is 3.01. The van der Waals surface area contributed by atoms with Crippen LogP contribution >= 0.6 is 0 Å². The van der Waals surface area contributed by atoms with Gasteiger partial charge in [0.05, 0.1) is 12.1 Å². The van der Waals surface area contributed by atoms with Gasteiger partial charge in [0.15, 0.2) is 0 Å². The predicted molar refractivity (Wildman–Crippen MR) is 53.4 cm³/mol. The molecular weight excluding hydrogens is 192 g/mol. The van der Waals surface area contributed by atoms with E-state index in [4.69, 9.17) is 10.5 Å². The number of carbonyl (C=O) groups excluding carboxylic acids is 1. The smallest absolute Gasteiger partial charge is 0.225 e. The van der Waals surface area contributed by atoms with Crippen molar-refractivity contribution < 1.29 is 4.79 Å². The minimum atomic E-state index is -0.133. The van der Waals surface area contributed by atoms with Crippen LogP contribution in [0.1, 0.15) is 19.3 Å². The van der Waals surface area contributed by atoms with Crippen LogP contribution in [0.25, 0.3) is 0 Å².